The minimum Gasteiger partial charge on any atom is -0.496 e. The first kappa shape index (κ1) is 11.2. The van der Waals surface area contributed by atoms with Gasteiger partial charge in [0.15, 0.2) is 11.6 Å². The lowest BCUT2D eigenvalue weighted by molar-refractivity contribution is 0.405. The van der Waals surface area contributed by atoms with Crippen molar-refractivity contribution in [2.45, 2.75) is 0 Å². The van der Waals surface area contributed by atoms with E-state index in [1.165, 1.54) is 7.11 Å². The van der Waals surface area contributed by atoms with Crippen LogP contribution in [0.5, 0.6) is 5.75 Å². The van der Waals surface area contributed by atoms with Crippen molar-refractivity contribution in [3.8, 4) is 5.75 Å². The lowest BCUT2D eigenvalue weighted by atomic mass is 10.1. The molecule has 4 heteroatoms. The largest absolute Gasteiger partial charge is 0.496 e. The summed E-state index contributed by atoms with van der Waals surface area (Å²) >= 11 is 3.19. The van der Waals surface area contributed by atoms with Crippen LogP contribution in [0.4, 0.5) is 8.78 Å². The van der Waals surface area contributed by atoms with Crippen LogP contribution in [0.1, 0.15) is 5.56 Å². The van der Waals surface area contributed by atoms with Crippen LogP contribution in [0.25, 0.3) is 5.57 Å². The Hall–Kier alpha value is -0.900. The van der Waals surface area contributed by atoms with Gasteiger partial charge < -0.3 is 4.74 Å². The molecule has 0 saturated carbocycles. The summed E-state index contributed by atoms with van der Waals surface area (Å²) in [7, 11) is 1.40. The molecule has 0 heterocycles. The molecule has 0 bridgehead atoms. The first-order valence-corrected chi connectivity index (χ1v) is 4.99. The number of hydrogen-bond donors (Lipinski definition) is 0. The van der Waals surface area contributed by atoms with Crippen molar-refractivity contribution < 1.29 is 13.5 Å². The lowest BCUT2D eigenvalue weighted by Crippen LogP contribution is -1.95. The third kappa shape index (κ3) is 2.12. The zero-order chi connectivity index (χ0) is 10.7. The van der Waals surface area contributed by atoms with Gasteiger partial charge in [-0.25, -0.2) is 8.78 Å². The van der Waals surface area contributed by atoms with E-state index in [9.17, 15) is 8.78 Å². The molecule has 0 aliphatic heterocycles. The first-order valence-electron chi connectivity index (χ1n) is 3.87. The van der Waals surface area contributed by atoms with Crippen molar-refractivity contribution in [3.05, 3.63) is 35.9 Å². The van der Waals surface area contributed by atoms with Crippen LogP contribution in [0.2, 0.25) is 0 Å². The summed E-state index contributed by atoms with van der Waals surface area (Å²) < 4.78 is 30.6. The molecular weight excluding hydrogens is 254 g/mol. The third-order valence-electron chi connectivity index (χ3n) is 1.78. The molecule has 0 saturated heterocycles. The molecule has 0 aliphatic rings. The Morgan fingerprint density at radius 2 is 2.00 bits per heavy atom. The Labute approximate surface area is 89.5 Å². The van der Waals surface area contributed by atoms with E-state index in [2.05, 4.69) is 22.5 Å². The maximum Gasteiger partial charge on any atom is 0.162 e. The summed E-state index contributed by atoms with van der Waals surface area (Å²) in [5, 5.41) is 0.481. The quantitative estimate of drug-likeness (QED) is 0.759. The van der Waals surface area contributed by atoms with Gasteiger partial charge in [0, 0.05) is 17.0 Å². The number of rotatable bonds is 3. The summed E-state index contributed by atoms with van der Waals surface area (Å²) in [6.07, 6.45) is 0. The van der Waals surface area contributed by atoms with Gasteiger partial charge in [-0.1, -0.05) is 22.5 Å². The molecule has 0 atom stereocenters. The average Bonchev–Trinajstić information content (AvgIpc) is 2.20. The van der Waals surface area contributed by atoms with Crippen LogP contribution in [0.15, 0.2) is 18.7 Å². The third-order valence-corrected chi connectivity index (χ3v) is 2.46. The lowest BCUT2D eigenvalue weighted by Gasteiger charge is -2.09. The zero-order valence-corrected chi connectivity index (χ0v) is 9.20. The summed E-state index contributed by atoms with van der Waals surface area (Å²) in [4.78, 5) is 0. The molecule has 0 aromatic heterocycles. The van der Waals surface area contributed by atoms with Gasteiger partial charge in [0.25, 0.3) is 0 Å². The van der Waals surface area contributed by atoms with Crippen molar-refractivity contribution in [1.29, 1.82) is 0 Å². The Kier molecular flexibility index (Phi) is 3.63. The second-order valence-corrected chi connectivity index (χ2v) is 3.26. The van der Waals surface area contributed by atoms with Gasteiger partial charge in [0.2, 0.25) is 0 Å². The molecule has 0 unspecified atom stereocenters. The molecule has 1 rings (SSSR count). The van der Waals surface area contributed by atoms with Crippen molar-refractivity contribution in [3.63, 3.8) is 0 Å². The minimum atomic E-state index is -0.923. The van der Waals surface area contributed by atoms with E-state index in [1.807, 2.05) is 0 Å². The highest BCUT2D eigenvalue weighted by atomic mass is 79.9. The van der Waals surface area contributed by atoms with E-state index < -0.39 is 11.6 Å². The molecule has 0 aliphatic carbocycles. The monoisotopic (exact) mass is 262 g/mol. The second kappa shape index (κ2) is 4.55. The topological polar surface area (TPSA) is 9.23 Å². The van der Waals surface area contributed by atoms with Gasteiger partial charge in [-0.05, 0) is 11.6 Å². The Morgan fingerprint density at radius 3 is 2.50 bits per heavy atom. The number of allylic oxidation sites excluding steroid dienone is 1. The van der Waals surface area contributed by atoms with E-state index in [1.54, 1.807) is 0 Å². The highest BCUT2D eigenvalue weighted by Crippen LogP contribution is 2.28. The van der Waals surface area contributed by atoms with Crippen LogP contribution in [0.3, 0.4) is 0 Å². The number of hydrogen-bond acceptors (Lipinski definition) is 1. The van der Waals surface area contributed by atoms with Gasteiger partial charge in [0.05, 0.1) is 7.11 Å². The maximum atomic E-state index is 12.9. The van der Waals surface area contributed by atoms with Gasteiger partial charge in [-0.3, -0.25) is 0 Å². The number of alkyl halides is 1. The zero-order valence-electron chi connectivity index (χ0n) is 7.61. The van der Waals surface area contributed by atoms with E-state index >= 15 is 0 Å². The van der Waals surface area contributed by atoms with Gasteiger partial charge in [0.1, 0.15) is 5.75 Å². The molecule has 0 radical (unpaired) electrons. The standard InChI is InChI=1S/C10H9BrF2O/c1-6(5-11)7-3-8(12)9(13)4-10(7)14-2/h3-4H,1,5H2,2H3. The molecule has 76 valence electrons. The minimum absolute atomic E-state index is 0.286. The maximum absolute atomic E-state index is 12.9. The molecule has 0 spiro atoms. The summed E-state index contributed by atoms with van der Waals surface area (Å²) in [6.45, 7) is 3.71. The van der Waals surface area contributed by atoms with Crippen LogP contribution in [0, 0.1) is 11.6 Å². The number of ether oxygens (including phenoxy) is 1. The number of benzene rings is 1. The highest BCUT2D eigenvalue weighted by Gasteiger charge is 2.11. The molecule has 0 N–H and O–H groups in total. The summed E-state index contributed by atoms with van der Waals surface area (Å²) in [6, 6.07) is 2.09. The first-order chi connectivity index (χ1) is 6.60. The summed E-state index contributed by atoms with van der Waals surface area (Å²) in [5.74, 6) is -1.54. The predicted octanol–water partition coefficient (Wildman–Crippen LogP) is 3.38. The van der Waals surface area contributed by atoms with Crippen molar-refractivity contribution >= 4 is 21.5 Å². The Morgan fingerprint density at radius 1 is 1.43 bits per heavy atom. The SMILES string of the molecule is C=C(CBr)c1cc(F)c(F)cc1OC. The number of methoxy groups -OCH3 is 1. The van der Waals surface area contributed by atoms with Crippen LogP contribution in [-0.4, -0.2) is 12.4 Å². The highest BCUT2D eigenvalue weighted by molar-refractivity contribution is 9.09. The fourth-order valence-corrected chi connectivity index (χ4v) is 1.35. The van der Waals surface area contributed by atoms with Crippen molar-refractivity contribution in [2.24, 2.45) is 0 Å². The second-order valence-electron chi connectivity index (χ2n) is 2.70. The smallest absolute Gasteiger partial charge is 0.162 e. The Balaban J connectivity index is 3.27. The van der Waals surface area contributed by atoms with E-state index in [4.69, 9.17) is 4.74 Å². The normalized spacial score (nSPS) is 10.0. The molecule has 1 nitrogen and oxygen atoms in total. The predicted molar refractivity (Wildman–Crippen MR) is 55.7 cm³/mol. The number of halogens is 3. The molecule has 0 amide bonds. The van der Waals surface area contributed by atoms with Gasteiger partial charge in [-0.2, -0.15) is 0 Å². The summed E-state index contributed by atoms with van der Waals surface area (Å²) in [5.41, 5.74) is 1.11. The fourth-order valence-electron chi connectivity index (χ4n) is 1.05. The molecular formula is C10H9BrF2O. The fraction of sp³-hybridized carbons (Fsp3) is 0.200. The average molecular weight is 263 g/mol. The molecule has 0 fully saturated rings. The van der Waals surface area contributed by atoms with E-state index in [0.717, 1.165) is 12.1 Å². The molecule has 14 heavy (non-hydrogen) atoms. The van der Waals surface area contributed by atoms with Gasteiger partial charge >= 0.3 is 0 Å². The van der Waals surface area contributed by atoms with Gasteiger partial charge in [-0.15, -0.1) is 0 Å². The molecule has 1 aromatic rings. The van der Waals surface area contributed by atoms with Crippen LogP contribution in [-0.2, 0) is 0 Å². The van der Waals surface area contributed by atoms with E-state index in [-0.39, 0.29) is 5.75 Å². The van der Waals surface area contributed by atoms with Crippen LogP contribution >= 0.6 is 15.9 Å². The Bertz CT molecular complexity index is 363. The van der Waals surface area contributed by atoms with E-state index in [0.29, 0.717) is 16.5 Å². The molecule has 1 aromatic carbocycles. The van der Waals surface area contributed by atoms with Crippen LogP contribution < -0.4 is 4.74 Å². The van der Waals surface area contributed by atoms with Crippen molar-refractivity contribution in [1.82, 2.24) is 0 Å². The van der Waals surface area contributed by atoms with Crippen molar-refractivity contribution in [2.75, 3.05) is 12.4 Å².